The number of aromatic nitrogens is 1. The van der Waals surface area contributed by atoms with E-state index >= 15 is 0 Å². The van der Waals surface area contributed by atoms with Gasteiger partial charge in [0.15, 0.2) is 0 Å². The predicted octanol–water partition coefficient (Wildman–Crippen LogP) is 2.34. The van der Waals surface area contributed by atoms with Crippen molar-refractivity contribution in [2.45, 2.75) is 32.0 Å². The number of benzene rings is 1. The Kier molecular flexibility index (Phi) is 10.2. The van der Waals surface area contributed by atoms with Crippen LogP contribution in [0, 0.1) is 0 Å². The molecule has 28 heavy (non-hydrogen) atoms. The van der Waals surface area contributed by atoms with Gasteiger partial charge in [0, 0.05) is 25.8 Å². The summed E-state index contributed by atoms with van der Waals surface area (Å²) in [5.74, 6) is 0.788. The van der Waals surface area contributed by atoms with Crippen LogP contribution < -0.4 is 16.0 Å². The molecule has 2 unspecified atom stereocenters. The van der Waals surface area contributed by atoms with E-state index in [2.05, 4.69) is 22.1 Å². The molecule has 6 nitrogen and oxygen atoms in total. The zero-order valence-corrected chi connectivity index (χ0v) is 17.5. The predicted molar refractivity (Wildman–Crippen MR) is 116 cm³/mol. The highest BCUT2D eigenvalue weighted by atomic mass is 35.5. The Morgan fingerprint density at radius 3 is 2.64 bits per heavy atom. The third-order valence-electron chi connectivity index (χ3n) is 4.48. The quantitative estimate of drug-likeness (QED) is 0.740. The lowest BCUT2D eigenvalue weighted by Crippen LogP contribution is -2.42. The highest BCUT2D eigenvalue weighted by Gasteiger charge is 2.18. The summed E-state index contributed by atoms with van der Waals surface area (Å²) in [5, 5.41) is 2.89. The Labute approximate surface area is 178 Å². The molecule has 3 N–H and O–H groups in total. The van der Waals surface area contributed by atoms with Crippen LogP contribution in [0.1, 0.15) is 18.1 Å². The smallest absolute Gasteiger partial charge is 0.237 e. The van der Waals surface area contributed by atoms with Gasteiger partial charge in [-0.25, -0.2) is 4.98 Å². The molecule has 1 aromatic heterocycles. The number of rotatable bonds is 6. The van der Waals surface area contributed by atoms with E-state index in [0.29, 0.717) is 13.0 Å². The highest BCUT2D eigenvalue weighted by Crippen LogP contribution is 2.15. The van der Waals surface area contributed by atoms with Crippen molar-refractivity contribution in [3.05, 3.63) is 59.8 Å². The van der Waals surface area contributed by atoms with Gasteiger partial charge in [-0.15, -0.1) is 24.8 Å². The molecular weight excluding hydrogens is 399 g/mol. The first-order chi connectivity index (χ1) is 12.6. The summed E-state index contributed by atoms with van der Waals surface area (Å²) < 4.78 is 5.55. The number of carbonyl (C=O) groups excluding carboxylic acids is 1. The molecule has 8 heteroatoms. The van der Waals surface area contributed by atoms with E-state index in [1.165, 1.54) is 0 Å². The average molecular weight is 427 g/mol. The monoisotopic (exact) mass is 426 g/mol. The molecule has 2 aromatic rings. The zero-order chi connectivity index (χ0) is 18.4. The van der Waals surface area contributed by atoms with Crippen molar-refractivity contribution in [3.63, 3.8) is 0 Å². The summed E-state index contributed by atoms with van der Waals surface area (Å²) in [6, 6.07) is 13.2. The minimum atomic E-state index is -0.556. The maximum Gasteiger partial charge on any atom is 0.237 e. The van der Waals surface area contributed by atoms with Crippen LogP contribution in [-0.2, 0) is 22.5 Å². The molecular formula is C20H28Cl2N4O2. The number of nitrogens with one attached hydrogen (secondary N) is 1. The van der Waals surface area contributed by atoms with Gasteiger partial charge in [0.05, 0.1) is 18.8 Å². The second kappa shape index (κ2) is 11.9. The van der Waals surface area contributed by atoms with Crippen molar-refractivity contribution in [1.29, 1.82) is 0 Å². The Morgan fingerprint density at radius 2 is 2.00 bits per heavy atom. The Bertz CT molecular complexity index is 716. The lowest BCUT2D eigenvalue weighted by atomic mass is 10.1. The molecule has 154 valence electrons. The summed E-state index contributed by atoms with van der Waals surface area (Å²) >= 11 is 0. The van der Waals surface area contributed by atoms with Gasteiger partial charge >= 0.3 is 0 Å². The van der Waals surface area contributed by atoms with Crippen molar-refractivity contribution in [3.8, 4) is 0 Å². The number of hydrogen-bond acceptors (Lipinski definition) is 5. The number of carbonyl (C=O) groups is 1. The summed E-state index contributed by atoms with van der Waals surface area (Å²) in [6.45, 7) is 4.90. The minimum Gasteiger partial charge on any atom is -0.375 e. The SMILES string of the molecule is CC1CN(c2ccc(CNC(=O)C(N)Cc3ccccc3)cn2)CCO1.Cl.Cl. The number of halogens is 2. The van der Waals surface area contributed by atoms with Crippen molar-refractivity contribution in [2.75, 3.05) is 24.6 Å². The molecule has 1 fully saturated rings. The van der Waals surface area contributed by atoms with Gasteiger partial charge in [-0.2, -0.15) is 0 Å². The van der Waals surface area contributed by atoms with E-state index in [0.717, 1.165) is 36.6 Å². The first-order valence-electron chi connectivity index (χ1n) is 9.00. The van der Waals surface area contributed by atoms with E-state index in [4.69, 9.17) is 10.5 Å². The van der Waals surface area contributed by atoms with Crippen molar-refractivity contribution in [1.82, 2.24) is 10.3 Å². The number of nitrogens with two attached hydrogens (primary N) is 1. The normalized spacial score (nSPS) is 17.1. The number of nitrogens with zero attached hydrogens (tertiary/aromatic N) is 2. The van der Waals surface area contributed by atoms with Gasteiger partial charge in [-0.1, -0.05) is 36.4 Å². The second-order valence-electron chi connectivity index (χ2n) is 6.67. The highest BCUT2D eigenvalue weighted by molar-refractivity contribution is 5.85. The van der Waals surface area contributed by atoms with Crippen LogP contribution >= 0.6 is 24.8 Å². The Hall–Kier alpha value is -1.86. The average Bonchev–Trinajstić information content (AvgIpc) is 2.67. The van der Waals surface area contributed by atoms with E-state index in [-0.39, 0.29) is 36.8 Å². The number of hydrogen-bond donors (Lipinski definition) is 2. The molecule has 0 spiro atoms. The summed E-state index contributed by atoms with van der Waals surface area (Å²) in [6.07, 6.45) is 2.55. The van der Waals surface area contributed by atoms with Crippen LogP contribution in [0.2, 0.25) is 0 Å². The molecule has 1 amide bonds. The first-order valence-corrected chi connectivity index (χ1v) is 9.00. The van der Waals surface area contributed by atoms with Gasteiger partial charge in [-0.05, 0) is 30.5 Å². The molecule has 1 aromatic carbocycles. The molecule has 1 aliphatic rings. The lowest BCUT2D eigenvalue weighted by molar-refractivity contribution is -0.122. The maximum absolute atomic E-state index is 12.2. The number of morpholine rings is 1. The first kappa shape index (κ1) is 24.2. The largest absolute Gasteiger partial charge is 0.375 e. The van der Waals surface area contributed by atoms with Gasteiger partial charge in [0.2, 0.25) is 5.91 Å². The molecule has 1 aliphatic heterocycles. The second-order valence-corrected chi connectivity index (χ2v) is 6.67. The van der Waals surface area contributed by atoms with Crippen LogP contribution in [0.5, 0.6) is 0 Å². The molecule has 2 atom stereocenters. The van der Waals surface area contributed by atoms with Crippen LogP contribution in [0.3, 0.4) is 0 Å². The summed E-state index contributed by atoms with van der Waals surface area (Å²) in [5.41, 5.74) is 8.01. The molecule has 0 radical (unpaired) electrons. The fraction of sp³-hybridized carbons (Fsp3) is 0.400. The molecule has 1 saturated heterocycles. The maximum atomic E-state index is 12.2. The number of anilines is 1. The fourth-order valence-electron chi connectivity index (χ4n) is 3.02. The minimum absolute atomic E-state index is 0. The zero-order valence-electron chi connectivity index (χ0n) is 15.9. The van der Waals surface area contributed by atoms with Crippen LogP contribution in [0.15, 0.2) is 48.7 Å². The van der Waals surface area contributed by atoms with E-state index in [9.17, 15) is 4.79 Å². The van der Waals surface area contributed by atoms with Gasteiger partial charge < -0.3 is 20.7 Å². The van der Waals surface area contributed by atoms with Gasteiger partial charge in [0.1, 0.15) is 5.82 Å². The van der Waals surface area contributed by atoms with E-state index in [1.54, 1.807) is 6.20 Å². The fourth-order valence-corrected chi connectivity index (χ4v) is 3.02. The van der Waals surface area contributed by atoms with E-state index in [1.807, 2.05) is 42.5 Å². The van der Waals surface area contributed by atoms with Gasteiger partial charge in [-0.3, -0.25) is 4.79 Å². The number of amides is 1. The molecule has 0 bridgehead atoms. The molecule has 2 heterocycles. The molecule has 0 aliphatic carbocycles. The van der Waals surface area contributed by atoms with Gasteiger partial charge in [0.25, 0.3) is 0 Å². The van der Waals surface area contributed by atoms with Crippen LogP contribution in [0.25, 0.3) is 0 Å². The molecule has 0 saturated carbocycles. The van der Waals surface area contributed by atoms with Crippen LogP contribution in [-0.4, -0.2) is 42.7 Å². The lowest BCUT2D eigenvalue weighted by Gasteiger charge is -2.32. The standard InChI is InChI=1S/C20H26N4O2.2ClH/c1-15-14-24(9-10-26-15)19-8-7-17(12-22-19)13-23-20(25)18(21)11-16-5-3-2-4-6-16;;/h2-8,12,15,18H,9-11,13-14,21H2,1H3,(H,23,25);2*1H. The van der Waals surface area contributed by atoms with E-state index < -0.39 is 6.04 Å². The summed E-state index contributed by atoms with van der Waals surface area (Å²) in [4.78, 5) is 18.9. The van der Waals surface area contributed by atoms with Crippen LogP contribution in [0.4, 0.5) is 5.82 Å². The van der Waals surface area contributed by atoms with Crippen molar-refractivity contribution >= 4 is 36.5 Å². The third kappa shape index (κ3) is 6.95. The molecule has 3 rings (SSSR count). The third-order valence-corrected chi connectivity index (χ3v) is 4.48. The van der Waals surface area contributed by atoms with Crippen molar-refractivity contribution < 1.29 is 9.53 Å². The topological polar surface area (TPSA) is 80.5 Å². The van der Waals surface area contributed by atoms with Crippen molar-refractivity contribution in [2.24, 2.45) is 5.73 Å². The Morgan fingerprint density at radius 1 is 1.25 bits per heavy atom. The Balaban J connectivity index is 0.00000196. The number of ether oxygens (including phenoxy) is 1. The summed E-state index contributed by atoms with van der Waals surface area (Å²) in [7, 11) is 0. The number of pyridine rings is 1.